The molecule has 0 unspecified atom stereocenters. The van der Waals surface area contributed by atoms with Crippen molar-refractivity contribution in [3.63, 3.8) is 0 Å². The Morgan fingerprint density at radius 2 is 1.89 bits per heavy atom. The number of hydrogen-bond acceptors (Lipinski definition) is 2. The Balaban J connectivity index is 1.74. The molecule has 0 spiro atoms. The van der Waals surface area contributed by atoms with Gasteiger partial charge in [0.25, 0.3) is 0 Å². The Kier molecular flexibility index (Phi) is 3.44. The lowest BCUT2D eigenvalue weighted by molar-refractivity contribution is 0.210. The molecule has 18 heavy (non-hydrogen) atoms. The zero-order valence-electron chi connectivity index (χ0n) is 10.6. The summed E-state index contributed by atoms with van der Waals surface area (Å²) < 4.78 is 6.02. The highest BCUT2D eigenvalue weighted by atomic mass is 16.5. The van der Waals surface area contributed by atoms with E-state index >= 15 is 0 Å². The fourth-order valence-electron chi connectivity index (χ4n) is 2.76. The normalized spacial score (nSPS) is 16.9. The van der Waals surface area contributed by atoms with Crippen LogP contribution in [0.2, 0.25) is 0 Å². The lowest BCUT2D eigenvalue weighted by Crippen LogP contribution is -2.15. The van der Waals surface area contributed by atoms with E-state index in [9.17, 15) is 0 Å². The molecule has 1 aliphatic rings. The highest BCUT2D eigenvalue weighted by molar-refractivity contribution is 5.84. The van der Waals surface area contributed by atoms with Crippen molar-refractivity contribution in [3.05, 3.63) is 36.5 Å². The first-order valence-electron chi connectivity index (χ1n) is 6.90. The maximum atomic E-state index is 6.02. The summed E-state index contributed by atoms with van der Waals surface area (Å²) in [6.45, 7) is 0.855. The van der Waals surface area contributed by atoms with Gasteiger partial charge in [0.1, 0.15) is 5.75 Å². The Bertz CT molecular complexity index is 512. The maximum Gasteiger partial charge on any atom is 0.130 e. The van der Waals surface area contributed by atoms with Crippen LogP contribution >= 0.6 is 0 Å². The summed E-state index contributed by atoms with van der Waals surface area (Å²) in [5.41, 5.74) is 1.01. The molecule has 0 atom stereocenters. The van der Waals surface area contributed by atoms with Gasteiger partial charge in [-0.3, -0.25) is 4.98 Å². The van der Waals surface area contributed by atoms with Gasteiger partial charge in [-0.1, -0.05) is 31.4 Å². The van der Waals surface area contributed by atoms with Crippen LogP contribution in [0.1, 0.15) is 32.1 Å². The number of ether oxygens (including phenoxy) is 1. The fourth-order valence-corrected chi connectivity index (χ4v) is 2.76. The first-order valence-corrected chi connectivity index (χ1v) is 6.90. The average molecular weight is 241 g/mol. The van der Waals surface area contributed by atoms with E-state index in [0.29, 0.717) is 0 Å². The smallest absolute Gasteiger partial charge is 0.130 e. The SMILES string of the molecule is c1ccc2c(OCC3CCCCC3)ccnc2c1. The summed E-state index contributed by atoms with van der Waals surface area (Å²) in [5, 5.41) is 1.12. The van der Waals surface area contributed by atoms with E-state index in [2.05, 4.69) is 11.1 Å². The van der Waals surface area contributed by atoms with Gasteiger partial charge in [0.2, 0.25) is 0 Å². The number of para-hydroxylation sites is 1. The second-order valence-electron chi connectivity index (χ2n) is 5.14. The van der Waals surface area contributed by atoms with Crippen molar-refractivity contribution in [2.75, 3.05) is 6.61 Å². The first kappa shape index (κ1) is 11.5. The number of rotatable bonds is 3. The molecule has 1 saturated carbocycles. The van der Waals surface area contributed by atoms with Gasteiger partial charge in [0, 0.05) is 11.6 Å². The van der Waals surface area contributed by atoms with Crippen molar-refractivity contribution in [1.82, 2.24) is 4.98 Å². The van der Waals surface area contributed by atoms with Crippen LogP contribution in [0.25, 0.3) is 10.9 Å². The molecule has 2 aromatic rings. The fraction of sp³-hybridized carbons (Fsp3) is 0.438. The minimum atomic E-state index is 0.741. The molecule has 2 nitrogen and oxygen atoms in total. The molecular weight excluding hydrogens is 222 g/mol. The number of fused-ring (bicyclic) bond motifs is 1. The number of hydrogen-bond donors (Lipinski definition) is 0. The van der Waals surface area contributed by atoms with Crippen molar-refractivity contribution >= 4 is 10.9 Å². The minimum absolute atomic E-state index is 0.741. The molecule has 0 bridgehead atoms. The molecular formula is C16H19NO. The van der Waals surface area contributed by atoms with Gasteiger partial charge in [-0.15, -0.1) is 0 Å². The standard InChI is InChI=1S/C16H19NO/c1-2-6-13(7-3-1)12-18-16-10-11-17-15-9-5-4-8-14(15)16/h4-5,8-11,13H,1-3,6-7,12H2. The molecule has 1 aromatic heterocycles. The summed E-state index contributed by atoms with van der Waals surface area (Å²) >= 11 is 0. The zero-order chi connectivity index (χ0) is 12.2. The summed E-state index contributed by atoms with van der Waals surface area (Å²) in [7, 11) is 0. The summed E-state index contributed by atoms with van der Waals surface area (Å²) in [6, 6.07) is 10.1. The third-order valence-electron chi connectivity index (χ3n) is 3.81. The summed E-state index contributed by atoms with van der Waals surface area (Å²) in [6.07, 6.45) is 8.61. The highest BCUT2D eigenvalue weighted by Crippen LogP contribution is 2.27. The lowest BCUT2D eigenvalue weighted by Gasteiger charge is -2.22. The van der Waals surface area contributed by atoms with Gasteiger partial charge in [-0.05, 0) is 37.0 Å². The topological polar surface area (TPSA) is 22.1 Å². The molecule has 3 rings (SSSR count). The van der Waals surface area contributed by atoms with Crippen molar-refractivity contribution in [2.45, 2.75) is 32.1 Å². The number of nitrogens with zero attached hydrogens (tertiary/aromatic N) is 1. The van der Waals surface area contributed by atoms with Crippen molar-refractivity contribution in [3.8, 4) is 5.75 Å². The molecule has 0 amide bonds. The Morgan fingerprint density at radius 1 is 1.06 bits per heavy atom. The van der Waals surface area contributed by atoms with Crippen LogP contribution < -0.4 is 4.74 Å². The third-order valence-corrected chi connectivity index (χ3v) is 3.81. The van der Waals surface area contributed by atoms with E-state index in [1.165, 1.54) is 32.1 Å². The van der Waals surface area contributed by atoms with Gasteiger partial charge >= 0.3 is 0 Å². The predicted octanol–water partition coefficient (Wildman–Crippen LogP) is 4.19. The number of aromatic nitrogens is 1. The molecule has 1 aromatic carbocycles. The van der Waals surface area contributed by atoms with E-state index in [4.69, 9.17) is 4.74 Å². The van der Waals surface area contributed by atoms with E-state index in [1.807, 2.05) is 30.5 Å². The van der Waals surface area contributed by atoms with Gasteiger partial charge in [-0.25, -0.2) is 0 Å². The predicted molar refractivity (Wildman–Crippen MR) is 73.8 cm³/mol. The Hall–Kier alpha value is -1.57. The Morgan fingerprint density at radius 3 is 2.78 bits per heavy atom. The van der Waals surface area contributed by atoms with Gasteiger partial charge in [-0.2, -0.15) is 0 Å². The maximum absolute atomic E-state index is 6.02. The van der Waals surface area contributed by atoms with Gasteiger partial charge in [0.05, 0.1) is 12.1 Å². The van der Waals surface area contributed by atoms with Crippen molar-refractivity contribution in [1.29, 1.82) is 0 Å². The second kappa shape index (κ2) is 5.38. The van der Waals surface area contributed by atoms with Crippen LogP contribution in [0.15, 0.2) is 36.5 Å². The summed E-state index contributed by atoms with van der Waals surface area (Å²) in [5.74, 6) is 1.72. The van der Waals surface area contributed by atoms with Crippen molar-refractivity contribution in [2.24, 2.45) is 5.92 Å². The molecule has 1 aliphatic carbocycles. The quantitative estimate of drug-likeness (QED) is 0.803. The first-order chi connectivity index (χ1) is 8.93. The van der Waals surface area contributed by atoms with E-state index in [0.717, 1.165) is 29.2 Å². The van der Waals surface area contributed by atoms with Crippen LogP contribution in [-0.4, -0.2) is 11.6 Å². The number of pyridine rings is 1. The van der Waals surface area contributed by atoms with Crippen LogP contribution in [0, 0.1) is 5.92 Å². The molecule has 1 heterocycles. The van der Waals surface area contributed by atoms with E-state index in [1.54, 1.807) is 0 Å². The summed E-state index contributed by atoms with van der Waals surface area (Å²) in [4.78, 5) is 4.36. The lowest BCUT2D eigenvalue weighted by atomic mass is 9.90. The van der Waals surface area contributed by atoms with E-state index < -0.39 is 0 Å². The van der Waals surface area contributed by atoms with Crippen molar-refractivity contribution < 1.29 is 4.74 Å². The number of benzene rings is 1. The van der Waals surface area contributed by atoms with Crippen LogP contribution in [-0.2, 0) is 0 Å². The Labute approximate surface area is 108 Å². The van der Waals surface area contributed by atoms with Gasteiger partial charge < -0.3 is 4.74 Å². The molecule has 0 saturated heterocycles. The molecule has 2 heteroatoms. The second-order valence-corrected chi connectivity index (χ2v) is 5.14. The molecule has 0 radical (unpaired) electrons. The van der Waals surface area contributed by atoms with Crippen LogP contribution in [0.4, 0.5) is 0 Å². The molecule has 1 fully saturated rings. The van der Waals surface area contributed by atoms with Crippen LogP contribution in [0.3, 0.4) is 0 Å². The molecule has 0 aliphatic heterocycles. The minimum Gasteiger partial charge on any atom is -0.493 e. The largest absolute Gasteiger partial charge is 0.493 e. The van der Waals surface area contributed by atoms with Crippen LogP contribution in [0.5, 0.6) is 5.75 Å². The third kappa shape index (κ3) is 2.47. The molecule has 0 N–H and O–H groups in total. The zero-order valence-corrected chi connectivity index (χ0v) is 10.6. The monoisotopic (exact) mass is 241 g/mol. The highest BCUT2D eigenvalue weighted by Gasteiger charge is 2.14. The molecule has 94 valence electrons. The van der Waals surface area contributed by atoms with E-state index in [-0.39, 0.29) is 0 Å². The van der Waals surface area contributed by atoms with Gasteiger partial charge in [0.15, 0.2) is 0 Å². The average Bonchev–Trinajstić information content (AvgIpc) is 2.46.